The molecule has 1 aliphatic heterocycles. The Kier molecular flexibility index (Phi) is 2.91. The summed E-state index contributed by atoms with van der Waals surface area (Å²) >= 11 is 3.51. The van der Waals surface area contributed by atoms with E-state index in [9.17, 15) is 18.0 Å². The second kappa shape index (κ2) is 3.95. The highest BCUT2D eigenvalue weighted by Gasteiger charge is 2.38. The number of halogens is 4. The van der Waals surface area contributed by atoms with E-state index in [4.69, 9.17) is 0 Å². The van der Waals surface area contributed by atoms with E-state index in [1.807, 2.05) is 0 Å². The van der Waals surface area contributed by atoms with Crippen molar-refractivity contribution in [3.05, 3.63) is 5.01 Å². The maximum absolute atomic E-state index is 12.3. The molecule has 2 heterocycles. The number of anilines is 1. The van der Waals surface area contributed by atoms with E-state index in [2.05, 4.69) is 26.1 Å². The monoisotopic (exact) mass is 315 g/mol. The molecule has 1 atom stereocenters. The Hall–Kier alpha value is -0.700. The molecule has 9 heteroatoms. The molecule has 1 aliphatic rings. The molecule has 0 unspecified atom stereocenters. The van der Waals surface area contributed by atoms with Crippen LogP contribution in [0.3, 0.4) is 0 Å². The topological polar surface area (TPSA) is 46.1 Å². The van der Waals surface area contributed by atoms with Gasteiger partial charge in [0.1, 0.15) is 0 Å². The van der Waals surface area contributed by atoms with E-state index in [1.165, 1.54) is 4.90 Å². The summed E-state index contributed by atoms with van der Waals surface area (Å²) in [6.45, 7) is 0.362. The molecule has 1 aromatic heterocycles. The van der Waals surface area contributed by atoms with Crippen molar-refractivity contribution in [1.82, 2.24) is 10.2 Å². The fourth-order valence-electron chi connectivity index (χ4n) is 1.27. The van der Waals surface area contributed by atoms with E-state index >= 15 is 0 Å². The van der Waals surface area contributed by atoms with Crippen LogP contribution < -0.4 is 4.90 Å². The van der Waals surface area contributed by atoms with Gasteiger partial charge in [-0.2, -0.15) is 13.2 Å². The molecule has 1 fully saturated rings. The number of alkyl halides is 4. The zero-order valence-corrected chi connectivity index (χ0v) is 10.1. The molecule has 0 bridgehead atoms. The number of aromatic nitrogens is 2. The maximum Gasteiger partial charge on any atom is 0.445 e. The maximum atomic E-state index is 12.3. The van der Waals surface area contributed by atoms with Gasteiger partial charge in [0.25, 0.3) is 0 Å². The second-order valence-electron chi connectivity index (χ2n) is 3.13. The molecule has 16 heavy (non-hydrogen) atoms. The summed E-state index contributed by atoms with van der Waals surface area (Å²) < 4.78 is 36.8. The number of hydrogen-bond acceptors (Lipinski definition) is 4. The van der Waals surface area contributed by atoms with Gasteiger partial charge in [-0.1, -0.05) is 27.3 Å². The summed E-state index contributed by atoms with van der Waals surface area (Å²) in [5, 5.41) is 5.37. The van der Waals surface area contributed by atoms with Gasteiger partial charge < -0.3 is 0 Å². The van der Waals surface area contributed by atoms with E-state index in [0.717, 1.165) is 0 Å². The predicted octanol–water partition coefficient (Wildman–Crippen LogP) is 2.06. The van der Waals surface area contributed by atoms with Crippen molar-refractivity contribution in [3.8, 4) is 0 Å². The Labute approximate surface area is 101 Å². The molecular formula is C7H5BrF3N3OS. The zero-order valence-electron chi connectivity index (χ0n) is 7.66. The average molecular weight is 316 g/mol. The smallest absolute Gasteiger partial charge is 0.286 e. The summed E-state index contributed by atoms with van der Waals surface area (Å²) in [6.07, 6.45) is -3.95. The van der Waals surface area contributed by atoms with E-state index in [1.54, 1.807) is 0 Å². The number of amides is 1. The first-order chi connectivity index (χ1) is 7.39. The SMILES string of the molecule is O=C1[C@@H](Br)CCN1c1nnc(C(F)(F)F)s1. The molecule has 88 valence electrons. The van der Waals surface area contributed by atoms with E-state index < -0.39 is 11.2 Å². The highest BCUT2D eigenvalue weighted by atomic mass is 79.9. The molecule has 2 rings (SSSR count). The highest BCUT2D eigenvalue weighted by molar-refractivity contribution is 9.10. The van der Waals surface area contributed by atoms with Gasteiger partial charge in [0.2, 0.25) is 16.0 Å². The molecule has 0 radical (unpaired) electrons. The number of rotatable bonds is 1. The third-order valence-corrected chi connectivity index (χ3v) is 3.87. The first-order valence-electron chi connectivity index (χ1n) is 4.26. The Morgan fingerprint density at radius 1 is 1.44 bits per heavy atom. The van der Waals surface area contributed by atoms with Gasteiger partial charge in [-0.15, -0.1) is 10.2 Å². The largest absolute Gasteiger partial charge is 0.445 e. The van der Waals surface area contributed by atoms with Crippen LogP contribution in [0.25, 0.3) is 0 Å². The summed E-state index contributed by atoms with van der Waals surface area (Å²) in [5.41, 5.74) is 0. The van der Waals surface area contributed by atoms with Crippen molar-refractivity contribution in [2.45, 2.75) is 17.4 Å². The zero-order chi connectivity index (χ0) is 11.9. The Bertz CT molecular complexity index is 421. The third kappa shape index (κ3) is 2.05. The van der Waals surface area contributed by atoms with Gasteiger partial charge in [0, 0.05) is 6.54 Å². The number of carbonyl (C=O) groups excluding carboxylic acids is 1. The molecule has 0 aliphatic carbocycles. The molecule has 0 aromatic carbocycles. The van der Waals surface area contributed by atoms with Crippen LogP contribution in [0.5, 0.6) is 0 Å². The normalized spacial score (nSPS) is 21.9. The molecular weight excluding hydrogens is 311 g/mol. The van der Waals surface area contributed by atoms with Crippen molar-refractivity contribution in [1.29, 1.82) is 0 Å². The molecule has 0 saturated carbocycles. The van der Waals surface area contributed by atoms with Crippen LogP contribution >= 0.6 is 27.3 Å². The Balaban J connectivity index is 2.23. The summed E-state index contributed by atoms with van der Waals surface area (Å²) in [5.74, 6) is -0.273. The molecule has 0 N–H and O–H groups in total. The van der Waals surface area contributed by atoms with Crippen LogP contribution in [0.1, 0.15) is 11.4 Å². The van der Waals surface area contributed by atoms with Crippen molar-refractivity contribution >= 4 is 38.3 Å². The number of carbonyl (C=O) groups is 1. The average Bonchev–Trinajstić information content (AvgIpc) is 2.74. The molecule has 0 spiro atoms. The summed E-state index contributed by atoms with van der Waals surface area (Å²) in [4.78, 5) is 12.4. The van der Waals surface area contributed by atoms with Crippen molar-refractivity contribution in [3.63, 3.8) is 0 Å². The molecule has 1 amide bonds. The fraction of sp³-hybridized carbons (Fsp3) is 0.571. The quantitative estimate of drug-likeness (QED) is 0.745. The van der Waals surface area contributed by atoms with Crippen LogP contribution in [0.15, 0.2) is 0 Å². The van der Waals surface area contributed by atoms with Crippen molar-refractivity contribution in [2.24, 2.45) is 0 Å². The van der Waals surface area contributed by atoms with Crippen LogP contribution in [0.4, 0.5) is 18.3 Å². The summed E-state index contributed by atoms with van der Waals surface area (Å²) in [7, 11) is 0. The lowest BCUT2D eigenvalue weighted by Gasteiger charge is -2.09. The number of nitrogens with zero attached hydrogens (tertiary/aromatic N) is 3. The lowest BCUT2D eigenvalue weighted by Crippen LogP contribution is -2.26. The van der Waals surface area contributed by atoms with Gasteiger partial charge in [0.05, 0.1) is 4.83 Å². The van der Waals surface area contributed by atoms with E-state index in [-0.39, 0.29) is 15.9 Å². The predicted molar refractivity (Wildman–Crippen MR) is 54.6 cm³/mol. The van der Waals surface area contributed by atoms with Crippen LogP contribution in [-0.2, 0) is 11.0 Å². The second-order valence-corrected chi connectivity index (χ2v) is 5.19. The number of hydrogen-bond donors (Lipinski definition) is 0. The Morgan fingerprint density at radius 2 is 2.12 bits per heavy atom. The van der Waals surface area contributed by atoms with Gasteiger partial charge in [-0.05, 0) is 6.42 Å². The van der Waals surface area contributed by atoms with Crippen LogP contribution in [0.2, 0.25) is 0 Å². The standard InChI is InChI=1S/C7H5BrF3N3OS/c8-3-1-2-14(4(3)15)6-13-12-5(16-6)7(9,10)11/h3H,1-2H2/t3-/m0/s1. The molecule has 1 aromatic rings. The molecule has 4 nitrogen and oxygen atoms in total. The first kappa shape index (κ1) is 11.8. The lowest BCUT2D eigenvalue weighted by molar-refractivity contribution is -0.138. The fourth-order valence-corrected chi connectivity index (χ4v) is 2.47. The van der Waals surface area contributed by atoms with E-state index in [0.29, 0.717) is 24.3 Å². The van der Waals surface area contributed by atoms with Gasteiger partial charge in [-0.3, -0.25) is 9.69 Å². The highest BCUT2D eigenvalue weighted by Crippen LogP contribution is 2.35. The van der Waals surface area contributed by atoms with Crippen molar-refractivity contribution < 1.29 is 18.0 Å². The minimum absolute atomic E-state index is 0.000671. The van der Waals surface area contributed by atoms with Crippen molar-refractivity contribution in [2.75, 3.05) is 11.4 Å². The minimum Gasteiger partial charge on any atom is -0.286 e. The van der Waals surface area contributed by atoms with Crippen LogP contribution in [-0.4, -0.2) is 27.5 Å². The molecule has 1 saturated heterocycles. The lowest BCUT2D eigenvalue weighted by atomic mass is 10.4. The first-order valence-corrected chi connectivity index (χ1v) is 5.99. The minimum atomic E-state index is -4.51. The van der Waals surface area contributed by atoms with Gasteiger partial charge in [-0.25, -0.2) is 0 Å². The Morgan fingerprint density at radius 3 is 2.56 bits per heavy atom. The van der Waals surface area contributed by atoms with Gasteiger partial charge >= 0.3 is 6.18 Å². The third-order valence-electron chi connectivity index (χ3n) is 2.03. The van der Waals surface area contributed by atoms with Gasteiger partial charge in [0.15, 0.2) is 0 Å². The van der Waals surface area contributed by atoms with Crippen LogP contribution in [0, 0.1) is 0 Å². The summed E-state index contributed by atoms with van der Waals surface area (Å²) in [6, 6.07) is 0.